The molecule has 0 unspecified atom stereocenters. The highest BCUT2D eigenvalue weighted by Gasteiger charge is 2.28. The van der Waals surface area contributed by atoms with Crippen LogP contribution in [0.3, 0.4) is 0 Å². The van der Waals surface area contributed by atoms with Crippen LogP contribution in [-0.2, 0) is 11.3 Å². The molecule has 0 radical (unpaired) electrons. The Kier molecular flexibility index (Phi) is 4.33. The molecule has 1 aliphatic rings. The largest absolute Gasteiger partial charge is 0.445 e. The topological polar surface area (TPSA) is 109 Å². The number of fused-ring (bicyclic) bond motifs is 2. The molecule has 0 bridgehead atoms. The first kappa shape index (κ1) is 16.8. The highest BCUT2D eigenvalue weighted by molar-refractivity contribution is 6.00. The number of carbonyl (C=O) groups is 1. The zero-order chi connectivity index (χ0) is 18.8. The summed E-state index contributed by atoms with van der Waals surface area (Å²) in [5.41, 5.74) is 0.661. The van der Waals surface area contributed by atoms with Crippen molar-refractivity contribution in [2.45, 2.75) is 19.1 Å². The standard InChI is InChI=1S/C18H16N4O5/c23-18(19-15-7-3-5-12-4-1-2-6-14(12)15)26-11-13-8-9-21-10-16(22(24)25)20-17(21)27-13/h1-7,10,13H,8-9,11H2,(H,19,23)/t13-/m1/s1. The molecule has 138 valence electrons. The third kappa shape index (κ3) is 3.52. The van der Waals surface area contributed by atoms with Gasteiger partial charge < -0.3 is 19.6 Å². The number of imidazole rings is 1. The number of nitro groups is 1. The van der Waals surface area contributed by atoms with Gasteiger partial charge in [-0.15, -0.1) is 0 Å². The van der Waals surface area contributed by atoms with E-state index >= 15 is 0 Å². The molecule has 4 rings (SSSR count). The van der Waals surface area contributed by atoms with Gasteiger partial charge in [0.05, 0.1) is 5.69 Å². The molecule has 3 aromatic rings. The van der Waals surface area contributed by atoms with Crippen molar-refractivity contribution < 1.29 is 19.2 Å². The molecule has 1 amide bonds. The number of carbonyl (C=O) groups excluding carboxylic acids is 1. The van der Waals surface area contributed by atoms with Gasteiger partial charge in [-0.05, 0) is 16.4 Å². The average molecular weight is 368 g/mol. The Balaban J connectivity index is 1.36. The Morgan fingerprint density at radius 2 is 2.15 bits per heavy atom. The number of anilines is 1. The number of amides is 1. The Bertz CT molecular complexity index is 1010. The van der Waals surface area contributed by atoms with Crippen LogP contribution in [0.5, 0.6) is 6.01 Å². The lowest BCUT2D eigenvalue weighted by Crippen LogP contribution is -2.32. The van der Waals surface area contributed by atoms with Gasteiger partial charge in [0, 0.05) is 23.3 Å². The molecule has 0 saturated heterocycles. The number of aryl methyl sites for hydroxylation is 1. The monoisotopic (exact) mass is 368 g/mol. The van der Waals surface area contributed by atoms with E-state index < -0.39 is 17.1 Å². The minimum Gasteiger partial charge on any atom is -0.445 e. The molecule has 1 aliphatic heterocycles. The number of rotatable bonds is 4. The van der Waals surface area contributed by atoms with Gasteiger partial charge in [-0.1, -0.05) is 36.4 Å². The molecule has 1 N–H and O–H groups in total. The van der Waals surface area contributed by atoms with Crippen molar-refractivity contribution in [3.8, 4) is 6.01 Å². The summed E-state index contributed by atoms with van der Waals surface area (Å²) >= 11 is 0. The lowest BCUT2D eigenvalue weighted by molar-refractivity contribution is -0.389. The van der Waals surface area contributed by atoms with Crippen LogP contribution in [0.25, 0.3) is 10.8 Å². The van der Waals surface area contributed by atoms with Crippen LogP contribution < -0.4 is 10.1 Å². The molecule has 0 saturated carbocycles. The van der Waals surface area contributed by atoms with E-state index in [1.54, 1.807) is 10.6 Å². The molecule has 27 heavy (non-hydrogen) atoms. The maximum absolute atomic E-state index is 12.1. The molecule has 0 spiro atoms. The van der Waals surface area contributed by atoms with E-state index in [9.17, 15) is 14.9 Å². The molecule has 0 fully saturated rings. The third-order valence-electron chi connectivity index (χ3n) is 4.31. The van der Waals surface area contributed by atoms with Crippen LogP contribution in [0, 0.1) is 10.1 Å². The number of hydrogen-bond donors (Lipinski definition) is 1. The average Bonchev–Trinajstić information content (AvgIpc) is 3.10. The summed E-state index contributed by atoms with van der Waals surface area (Å²) in [6, 6.07) is 13.5. The van der Waals surface area contributed by atoms with Crippen molar-refractivity contribution >= 4 is 28.4 Å². The quantitative estimate of drug-likeness (QED) is 0.559. The molecule has 2 aromatic carbocycles. The zero-order valence-corrected chi connectivity index (χ0v) is 14.2. The molecular formula is C18H16N4O5. The van der Waals surface area contributed by atoms with Crippen molar-refractivity contribution in [1.82, 2.24) is 9.55 Å². The van der Waals surface area contributed by atoms with E-state index in [2.05, 4.69) is 10.3 Å². The first-order chi connectivity index (χ1) is 13.1. The van der Waals surface area contributed by atoms with Crippen LogP contribution in [0.4, 0.5) is 16.3 Å². The van der Waals surface area contributed by atoms with Gasteiger partial charge in [0.15, 0.2) is 0 Å². The second kappa shape index (κ2) is 6.94. The fraction of sp³-hybridized carbons (Fsp3) is 0.222. The number of hydrogen-bond acceptors (Lipinski definition) is 6. The summed E-state index contributed by atoms with van der Waals surface area (Å²) in [5, 5.41) is 15.4. The lowest BCUT2D eigenvalue weighted by atomic mass is 10.1. The van der Waals surface area contributed by atoms with Gasteiger partial charge in [0.2, 0.25) is 0 Å². The van der Waals surface area contributed by atoms with E-state index in [1.165, 1.54) is 6.20 Å². The van der Waals surface area contributed by atoms with E-state index in [0.29, 0.717) is 18.7 Å². The van der Waals surface area contributed by atoms with Gasteiger partial charge >= 0.3 is 17.9 Å². The van der Waals surface area contributed by atoms with Crippen LogP contribution in [0.2, 0.25) is 0 Å². The number of nitrogens with zero attached hydrogens (tertiary/aromatic N) is 3. The zero-order valence-electron chi connectivity index (χ0n) is 14.2. The third-order valence-corrected chi connectivity index (χ3v) is 4.31. The first-order valence-corrected chi connectivity index (χ1v) is 8.40. The molecular weight excluding hydrogens is 352 g/mol. The van der Waals surface area contributed by atoms with Crippen LogP contribution >= 0.6 is 0 Å². The van der Waals surface area contributed by atoms with Gasteiger partial charge in [-0.25, -0.2) is 4.79 Å². The molecule has 9 nitrogen and oxygen atoms in total. The van der Waals surface area contributed by atoms with E-state index in [1.807, 2.05) is 36.4 Å². The van der Waals surface area contributed by atoms with E-state index in [4.69, 9.17) is 9.47 Å². The van der Waals surface area contributed by atoms with Crippen LogP contribution in [0.15, 0.2) is 48.7 Å². The maximum atomic E-state index is 12.1. The van der Waals surface area contributed by atoms with Gasteiger partial charge in [0.1, 0.15) is 18.9 Å². The van der Waals surface area contributed by atoms with Crippen molar-refractivity contribution in [2.24, 2.45) is 0 Å². The van der Waals surface area contributed by atoms with Gasteiger partial charge in [-0.3, -0.25) is 9.88 Å². The minimum atomic E-state index is -0.588. The minimum absolute atomic E-state index is 0.0251. The van der Waals surface area contributed by atoms with Crippen molar-refractivity contribution in [3.63, 3.8) is 0 Å². The summed E-state index contributed by atoms with van der Waals surface area (Å²) in [6.45, 7) is 0.534. The second-order valence-corrected chi connectivity index (χ2v) is 6.11. The van der Waals surface area contributed by atoms with Crippen molar-refractivity contribution in [2.75, 3.05) is 11.9 Å². The van der Waals surface area contributed by atoms with Crippen molar-refractivity contribution in [1.29, 1.82) is 0 Å². The lowest BCUT2D eigenvalue weighted by Gasteiger charge is -2.21. The number of ether oxygens (including phenoxy) is 2. The first-order valence-electron chi connectivity index (χ1n) is 8.40. The summed E-state index contributed by atoms with van der Waals surface area (Å²) in [5.74, 6) is -0.264. The molecule has 9 heteroatoms. The van der Waals surface area contributed by atoms with Crippen LogP contribution in [-0.4, -0.2) is 33.3 Å². The van der Waals surface area contributed by atoms with Crippen molar-refractivity contribution in [3.05, 3.63) is 58.8 Å². The van der Waals surface area contributed by atoms with Gasteiger partial charge in [0.25, 0.3) is 0 Å². The fourth-order valence-electron chi connectivity index (χ4n) is 2.99. The molecule has 2 heterocycles. The maximum Gasteiger partial charge on any atom is 0.414 e. The predicted octanol–water partition coefficient (Wildman–Crippen LogP) is 3.34. The molecule has 1 atom stereocenters. The Morgan fingerprint density at radius 1 is 1.33 bits per heavy atom. The second-order valence-electron chi connectivity index (χ2n) is 6.11. The Labute approximate surface area is 153 Å². The Hall–Kier alpha value is -3.62. The predicted molar refractivity (Wildman–Crippen MR) is 96.8 cm³/mol. The van der Waals surface area contributed by atoms with E-state index in [0.717, 1.165) is 10.8 Å². The molecule has 1 aromatic heterocycles. The molecule has 0 aliphatic carbocycles. The van der Waals surface area contributed by atoms with Crippen LogP contribution in [0.1, 0.15) is 6.42 Å². The van der Waals surface area contributed by atoms with Gasteiger partial charge in [-0.2, -0.15) is 0 Å². The number of benzene rings is 2. The normalized spacial score (nSPS) is 15.6. The fourth-order valence-corrected chi connectivity index (χ4v) is 2.99. The van der Waals surface area contributed by atoms with E-state index in [-0.39, 0.29) is 18.4 Å². The highest BCUT2D eigenvalue weighted by Crippen LogP contribution is 2.25. The summed E-state index contributed by atoms with van der Waals surface area (Å²) in [7, 11) is 0. The summed E-state index contributed by atoms with van der Waals surface area (Å²) in [6.07, 6.45) is 0.898. The highest BCUT2D eigenvalue weighted by atomic mass is 16.6. The number of nitrogens with one attached hydrogen (secondary N) is 1. The summed E-state index contributed by atoms with van der Waals surface area (Å²) < 4.78 is 12.4. The smallest absolute Gasteiger partial charge is 0.414 e. The Morgan fingerprint density at radius 3 is 3.00 bits per heavy atom. The SMILES string of the molecule is O=C(Nc1cccc2ccccc12)OC[C@H]1CCn2cc([N+](=O)[O-])nc2O1. The summed E-state index contributed by atoms with van der Waals surface area (Å²) in [4.78, 5) is 26.2. The number of aromatic nitrogens is 2.